The molecule has 0 saturated carbocycles. The molecule has 0 bridgehead atoms. The molecule has 1 fully saturated rings. The van der Waals surface area contributed by atoms with Crippen LogP contribution in [-0.2, 0) is 0 Å². The predicted octanol–water partition coefficient (Wildman–Crippen LogP) is 2.65. The Morgan fingerprint density at radius 1 is 1.44 bits per heavy atom. The molecule has 0 radical (unpaired) electrons. The standard InChI is InChI=1S/C13H17NOS/c1-2-12-10-14(8-9-16-12)13(15)11-6-4-3-5-7-11/h3-7,12H,2,8-10H2,1H3. The first-order chi connectivity index (χ1) is 7.81. The van der Waals surface area contributed by atoms with Gasteiger partial charge in [0.25, 0.3) is 5.91 Å². The summed E-state index contributed by atoms with van der Waals surface area (Å²) in [4.78, 5) is 14.2. The lowest BCUT2D eigenvalue weighted by molar-refractivity contribution is 0.0761. The van der Waals surface area contributed by atoms with E-state index in [4.69, 9.17) is 0 Å². The van der Waals surface area contributed by atoms with Gasteiger partial charge in [-0.15, -0.1) is 0 Å². The summed E-state index contributed by atoms with van der Waals surface area (Å²) in [7, 11) is 0. The van der Waals surface area contributed by atoms with E-state index in [0.29, 0.717) is 5.25 Å². The largest absolute Gasteiger partial charge is 0.337 e. The van der Waals surface area contributed by atoms with Gasteiger partial charge in [-0.2, -0.15) is 11.8 Å². The van der Waals surface area contributed by atoms with Gasteiger partial charge in [0.05, 0.1) is 0 Å². The summed E-state index contributed by atoms with van der Waals surface area (Å²) in [5.41, 5.74) is 0.809. The van der Waals surface area contributed by atoms with Crippen molar-refractivity contribution in [1.29, 1.82) is 0 Å². The number of carbonyl (C=O) groups is 1. The third-order valence-corrected chi connectivity index (χ3v) is 4.27. The summed E-state index contributed by atoms with van der Waals surface area (Å²) in [6.07, 6.45) is 1.14. The Balaban J connectivity index is 2.05. The van der Waals surface area contributed by atoms with Crippen molar-refractivity contribution < 1.29 is 4.79 Å². The predicted molar refractivity (Wildman–Crippen MR) is 68.9 cm³/mol. The highest BCUT2D eigenvalue weighted by Crippen LogP contribution is 2.22. The Morgan fingerprint density at radius 2 is 2.19 bits per heavy atom. The topological polar surface area (TPSA) is 20.3 Å². The second-order valence-corrected chi connectivity index (χ2v) is 5.43. The van der Waals surface area contributed by atoms with E-state index < -0.39 is 0 Å². The highest BCUT2D eigenvalue weighted by atomic mass is 32.2. The van der Waals surface area contributed by atoms with Crippen LogP contribution in [0.25, 0.3) is 0 Å². The molecule has 2 rings (SSSR count). The summed E-state index contributed by atoms with van der Waals surface area (Å²) < 4.78 is 0. The lowest BCUT2D eigenvalue weighted by Gasteiger charge is -2.32. The highest BCUT2D eigenvalue weighted by molar-refractivity contribution is 8.00. The Kier molecular flexibility index (Phi) is 3.88. The summed E-state index contributed by atoms with van der Waals surface area (Å²) in [5.74, 6) is 1.25. The number of amides is 1. The molecule has 1 aromatic carbocycles. The fraction of sp³-hybridized carbons (Fsp3) is 0.462. The summed E-state index contributed by atoms with van der Waals surface area (Å²) >= 11 is 1.99. The maximum absolute atomic E-state index is 12.2. The van der Waals surface area contributed by atoms with Crippen LogP contribution in [0, 0.1) is 0 Å². The van der Waals surface area contributed by atoms with Crippen LogP contribution < -0.4 is 0 Å². The minimum absolute atomic E-state index is 0.180. The molecule has 1 saturated heterocycles. The quantitative estimate of drug-likeness (QED) is 0.785. The van der Waals surface area contributed by atoms with Crippen molar-refractivity contribution >= 4 is 17.7 Å². The highest BCUT2D eigenvalue weighted by Gasteiger charge is 2.23. The van der Waals surface area contributed by atoms with Gasteiger partial charge in [-0.25, -0.2) is 0 Å². The zero-order valence-electron chi connectivity index (χ0n) is 9.56. The molecule has 0 aliphatic carbocycles. The minimum Gasteiger partial charge on any atom is -0.337 e. The SMILES string of the molecule is CCC1CN(C(=O)c2ccccc2)CCS1. The zero-order chi connectivity index (χ0) is 11.4. The van der Waals surface area contributed by atoms with Crippen LogP contribution in [0.15, 0.2) is 30.3 Å². The molecule has 86 valence electrons. The Hall–Kier alpha value is -0.960. The second-order valence-electron chi connectivity index (χ2n) is 4.02. The van der Waals surface area contributed by atoms with Gasteiger partial charge >= 0.3 is 0 Å². The fourth-order valence-corrected chi connectivity index (χ4v) is 3.09. The molecule has 1 unspecified atom stereocenters. The van der Waals surface area contributed by atoms with Crippen LogP contribution in [-0.4, -0.2) is 34.9 Å². The lowest BCUT2D eigenvalue weighted by atomic mass is 10.2. The van der Waals surface area contributed by atoms with Crippen LogP contribution in [0.2, 0.25) is 0 Å². The van der Waals surface area contributed by atoms with Crippen molar-refractivity contribution in [3.63, 3.8) is 0 Å². The number of nitrogens with zero attached hydrogens (tertiary/aromatic N) is 1. The van der Waals surface area contributed by atoms with Crippen LogP contribution >= 0.6 is 11.8 Å². The zero-order valence-corrected chi connectivity index (χ0v) is 10.4. The summed E-state index contributed by atoms with van der Waals surface area (Å²) in [6.45, 7) is 3.97. The van der Waals surface area contributed by atoms with E-state index in [2.05, 4.69) is 6.92 Å². The molecule has 1 aromatic rings. The van der Waals surface area contributed by atoms with E-state index in [1.54, 1.807) is 0 Å². The van der Waals surface area contributed by atoms with Crippen LogP contribution in [0.1, 0.15) is 23.7 Å². The van der Waals surface area contributed by atoms with Crippen LogP contribution in [0.3, 0.4) is 0 Å². The molecular weight excluding hydrogens is 218 g/mol. The molecule has 1 atom stereocenters. The van der Waals surface area contributed by atoms with Crippen molar-refractivity contribution in [2.75, 3.05) is 18.8 Å². The third kappa shape index (κ3) is 2.59. The number of rotatable bonds is 2. The first-order valence-corrected chi connectivity index (χ1v) is 6.82. The van der Waals surface area contributed by atoms with Gasteiger partial charge in [0.2, 0.25) is 0 Å². The third-order valence-electron chi connectivity index (χ3n) is 2.90. The van der Waals surface area contributed by atoms with E-state index >= 15 is 0 Å². The Bertz CT molecular complexity index is 352. The van der Waals surface area contributed by atoms with Gasteiger partial charge in [-0.1, -0.05) is 25.1 Å². The van der Waals surface area contributed by atoms with Gasteiger partial charge in [0, 0.05) is 29.7 Å². The molecular formula is C13H17NOS. The number of thioether (sulfide) groups is 1. The molecule has 0 aromatic heterocycles. The van der Waals surface area contributed by atoms with E-state index in [0.717, 1.165) is 30.8 Å². The molecule has 1 aliphatic heterocycles. The van der Waals surface area contributed by atoms with Gasteiger partial charge in [-0.3, -0.25) is 4.79 Å². The summed E-state index contributed by atoms with van der Waals surface area (Å²) in [6, 6.07) is 9.57. The molecule has 3 heteroatoms. The van der Waals surface area contributed by atoms with E-state index in [9.17, 15) is 4.79 Å². The maximum atomic E-state index is 12.2. The smallest absolute Gasteiger partial charge is 0.253 e. The van der Waals surface area contributed by atoms with Gasteiger partial charge in [0.15, 0.2) is 0 Å². The van der Waals surface area contributed by atoms with Gasteiger partial charge < -0.3 is 4.90 Å². The monoisotopic (exact) mass is 235 g/mol. The van der Waals surface area contributed by atoms with Crippen LogP contribution in [0.4, 0.5) is 0 Å². The van der Waals surface area contributed by atoms with Gasteiger partial charge in [-0.05, 0) is 18.6 Å². The number of hydrogen-bond acceptors (Lipinski definition) is 2. The molecule has 16 heavy (non-hydrogen) atoms. The Labute approximate surface area is 101 Å². The molecule has 1 aliphatic rings. The molecule has 2 nitrogen and oxygen atoms in total. The van der Waals surface area contributed by atoms with Gasteiger partial charge in [0.1, 0.15) is 0 Å². The number of carbonyl (C=O) groups excluding carboxylic acids is 1. The molecule has 0 spiro atoms. The average molecular weight is 235 g/mol. The summed E-state index contributed by atoms with van der Waals surface area (Å²) in [5, 5.41) is 0.612. The first kappa shape index (κ1) is 11.5. The molecule has 1 heterocycles. The minimum atomic E-state index is 0.180. The van der Waals surface area contributed by atoms with Crippen molar-refractivity contribution in [2.24, 2.45) is 0 Å². The van der Waals surface area contributed by atoms with Crippen molar-refractivity contribution in [1.82, 2.24) is 4.90 Å². The maximum Gasteiger partial charge on any atom is 0.253 e. The van der Waals surface area contributed by atoms with E-state index in [1.165, 1.54) is 0 Å². The fourth-order valence-electron chi connectivity index (χ4n) is 1.91. The van der Waals surface area contributed by atoms with Crippen molar-refractivity contribution in [3.05, 3.63) is 35.9 Å². The molecule has 1 amide bonds. The average Bonchev–Trinajstić information content (AvgIpc) is 2.39. The first-order valence-electron chi connectivity index (χ1n) is 5.77. The Morgan fingerprint density at radius 3 is 2.88 bits per heavy atom. The number of benzene rings is 1. The van der Waals surface area contributed by atoms with Crippen LogP contribution in [0.5, 0.6) is 0 Å². The lowest BCUT2D eigenvalue weighted by Crippen LogP contribution is -2.41. The number of hydrogen-bond donors (Lipinski definition) is 0. The second kappa shape index (κ2) is 5.39. The van der Waals surface area contributed by atoms with E-state index in [1.807, 2.05) is 47.0 Å². The van der Waals surface area contributed by atoms with E-state index in [-0.39, 0.29) is 5.91 Å². The molecule has 0 N–H and O–H groups in total. The normalized spacial score (nSPS) is 20.8. The van der Waals surface area contributed by atoms with Crippen molar-refractivity contribution in [3.8, 4) is 0 Å². The van der Waals surface area contributed by atoms with Crippen molar-refractivity contribution in [2.45, 2.75) is 18.6 Å².